The lowest BCUT2D eigenvalue weighted by molar-refractivity contribution is -0.124. The maximum absolute atomic E-state index is 13.7. The molecule has 138 valence electrons. The first-order valence-corrected chi connectivity index (χ1v) is 7.96. The van der Waals surface area contributed by atoms with Gasteiger partial charge in [0, 0.05) is 31.4 Å². The van der Waals surface area contributed by atoms with E-state index < -0.39 is 36.2 Å². The van der Waals surface area contributed by atoms with Crippen molar-refractivity contribution in [3.8, 4) is 0 Å². The quantitative estimate of drug-likeness (QED) is 0.803. The SMILES string of the molecule is C[C@@H](NC(=O)COC(=O)c1cccc(N(C)C)c1)c1ccc(F)cc1F. The van der Waals surface area contributed by atoms with E-state index >= 15 is 0 Å². The molecule has 0 aliphatic carbocycles. The summed E-state index contributed by atoms with van der Waals surface area (Å²) in [6.45, 7) is 1.05. The fraction of sp³-hybridized carbons (Fsp3) is 0.263. The summed E-state index contributed by atoms with van der Waals surface area (Å²) < 4.78 is 31.6. The largest absolute Gasteiger partial charge is 0.452 e. The van der Waals surface area contributed by atoms with Gasteiger partial charge in [0.15, 0.2) is 6.61 Å². The van der Waals surface area contributed by atoms with Crippen LogP contribution < -0.4 is 10.2 Å². The van der Waals surface area contributed by atoms with Gasteiger partial charge in [-0.15, -0.1) is 0 Å². The van der Waals surface area contributed by atoms with Gasteiger partial charge in [-0.2, -0.15) is 0 Å². The van der Waals surface area contributed by atoms with Crippen LogP contribution in [0.3, 0.4) is 0 Å². The molecule has 0 saturated carbocycles. The number of anilines is 1. The summed E-state index contributed by atoms with van der Waals surface area (Å²) in [5.41, 5.74) is 1.29. The smallest absolute Gasteiger partial charge is 0.338 e. The molecule has 2 aromatic rings. The second-order valence-electron chi connectivity index (χ2n) is 5.98. The molecule has 0 aliphatic rings. The number of nitrogens with one attached hydrogen (secondary N) is 1. The van der Waals surface area contributed by atoms with Crippen LogP contribution in [0.1, 0.15) is 28.9 Å². The number of carbonyl (C=O) groups is 2. The second kappa shape index (κ2) is 8.42. The Morgan fingerprint density at radius 2 is 1.88 bits per heavy atom. The van der Waals surface area contributed by atoms with Crippen LogP contribution in [0.15, 0.2) is 42.5 Å². The Morgan fingerprint density at radius 1 is 1.15 bits per heavy atom. The summed E-state index contributed by atoms with van der Waals surface area (Å²) in [7, 11) is 3.68. The molecule has 2 aromatic carbocycles. The van der Waals surface area contributed by atoms with E-state index in [0.717, 1.165) is 17.8 Å². The van der Waals surface area contributed by atoms with Crippen LogP contribution in [-0.4, -0.2) is 32.6 Å². The van der Waals surface area contributed by atoms with Crippen LogP contribution in [0.25, 0.3) is 0 Å². The predicted octanol–water partition coefficient (Wildman–Crippen LogP) is 3.07. The standard InChI is InChI=1S/C19H20F2N2O3/c1-12(16-8-7-14(20)10-17(16)21)22-18(24)11-26-19(25)13-5-4-6-15(9-13)23(2)3/h4-10,12H,11H2,1-3H3,(H,22,24)/t12-/m1/s1. The van der Waals surface area contributed by atoms with E-state index in [2.05, 4.69) is 5.32 Å². The molecule has 0 heterocycles. The zero-order valence-electron chi connectivity index (χ0n) is 14.8. The zero-order chi connectivity index (χ0) is 19.3. The zero-order valence-corrected chi connectivity index (χ0v) is 14.8. The Kier molecular flexibility index (Phi) is 6.27. The number of ether oxygens (including phenoxy) is 1. The first kappa shape index (κ1) is 19.4. The summed E-state index contributed by atoms with van der Waals surface area (Å²) in [6, 6.07) is 9.20. The highest BCUT2D eigenvalue weighted by atomic mass is 19.1. The lowest BCUT2D eigenvalue weighted by Gasteiger charge is -2.15. The highest BCUT2D eigenvalue weighted by molar-refractivity contribution is 5.92. The van der Waals surface area contributed by atoms with Crippen LogP contribution >= 0.6 is 0 Å². The third kappa shape index (κ3) is 5.02. The van der Waals surface area contributed by atoms with E-state index in [1.54, 1.807) is 25.1 Å². The Bertz CT molecular complexity index is 809. The molecule has 0 aromatic heterocycles. The highest BCUT2D eigenvalue weighted by Gasteiger charge is 2.16. The number of amides is 1. The van der Waals surface area contributed by atoms with Crippen molar-refractivity contribution in [3.05, 3.63) is 65.2 Å². The molecule has 0 radical (unpaired) electrons. The van der Waals surface area contributed by atoms with Gasteiger partial charge >= 0.3 is 5.97 Å². The average molecular weight is 362 g/mol. The van der Waals surface area contributed by atoms with Gasteiger partial charge in [-0.25, -0.2) is 13.6 Å². The molecule has 0 saturated heterocycles. The lowest BCUT2D eigenvalue weighted by Crippen LogP contribution is -2.31. The molecule has 2 rings (SSSR count). The molecule has 5 nitrogen and oxygen atoms in total. The number of nitrogens with zero attached hydrogens (tertiary/aromatic N) is 1. The fourth-order valence-corrected chi connectivity index (χ4v) is 2.34. The number of hydrogen-bond donors (Lipinski definition) is 1. The number of rotatable bonds is 6. The summed E-state index contributed by atoms with van der Waals surface area (Å²) in [4.78, 5) is 25.8. The van der Waals surface area contributed by atoms with E-state index in [0.29, 0.717) is 5.56 Å². The molecule has 0 bridgehead atoms. The Hall–Kier alpha value is -2.96. The molecule has 0 unspecified atom stereocenters. The van der Waals surface area contributed by atoms with E-state index in [9.17, 15) is 18.4 Å². The molecule has 0 aliphatic heterocycles. The Balaban J connectivity index is 1.92. The van der Waals surface area contributed by atoms with Gasteiger partial charge in [-0.1, -0.05) is 12.1 Å². The Labute approximate surface area is 150 Å². The molecule has 1 amide bonds. The maximum Gasteiger partial charge on any atom is 0.338 e. The predicted molar refractivity (Wildman–Crippen MR) is 94.0 cm³/mol. The topological polar surface area (TPSA) is 58.6 Å². The van der Waals surface area contributed by atoms with Crippen molar-refractivity contribution in [1.29, 1.82) is 0 Å². The molecule has 1 N–H and O–H groups in total. The number of benzene rings is 2. The fourth-order valence-electron chi connectivity index (χ4n) is 2.34. The summed E-state index contributed by atoms with van der Waals surface area (Å²) in [6.07, 6.45) is 0. The van der Waals surface area contributed by atoms with Gasteiger partial charge in [0.1, 0.15) is 11.6 Å². The Morgan fingerprint density at radius 3 is 2.54 bits per heavy atom. The van der Waals surface area contributed by atoms with Gasteiger partial charge in [-0.05, 0) is 31.2 Å². The minimum absolute atomic E-state index is 0.143. The van der Waals surface area contributed by atoms with Crippen LogP contribution in [0.4, 0.5) is 14.5 Å². The highest BCUT2D eigenvalue weighted by Crippen LogP contribution is 2.18. The van der Waals surface area contributed by atoms with E-state index in [1.165, 1.54) is 6.07 Å². The number of hydrogen-bond acceptors (Lipinski definition) is 4. The first-order valence-electron chi connectivity index (χ1n) is 7.96. The van der Waals surface area contributed by atoms with Crippen LogP contribution in [-0.2, 0) is 9.53 Å². The molecule has 1 atom stereocenters. The summed E-state index contributed by atoms with van der Waals surface area (Å²) in [5, 5.41) is 2.51. The minimum atomic E-state index is -0.754. The maximum atomic E-state index is 13.7. The summed E-state index contributed by atoms with van der Waals surface area (Å²) in [5.74, 6) is -2.67. The molecule has 7 heteroatoms. The first-order chi connectivity index (χ1) is 12.3. The molecular weight excluding hydrogens is 342 g/mol. The van der Waals surface area contributed by atoms with Gasteiger partial charge in [0.2, 0.25) is 0 Å². The van der Waals surface area contributed by atoms with E-state index in [4.69, 9.17) is 4.74 Å². The van der Waals surface area contributed by atoms with E-state index in [1.807, 2.05) is 25.1 Å². The van der Waals surface area contributed by atoms with Crippen LogP contribution in [0.2, 0.25) is 0 Å². The van der Waals surface area contributed by atoms with Gasteiger partial charge < -0.3 is 15.0 Å². The minimum Gasteiger partial charge on any atom is -0.452 e. The number of esters is 1. The van der Waals surface area contributed by atoms with Gasteiger partial charge in [0.05, 0.1) is 11.6 Å². The third-order valence-corrected chi connectivity index (χ3v) is 3.74. The van der Waals surface area contributed by atoms with Crippen molar-refractivity contribution in [3.63, 3.8) is 0 Å². The van der Waals surface area contributed by atoms with Crippen molar-refractivity contribution < 1.29 is 23.1 Å². The van der Waals surface area contributed by atoms with Gasteiger partial charge in [0.25, 0.3) is 5.91 Å². The van der Waals surface area contributed by atoms with Crippen molar-refractivity contribution in [2.24, 2.45) is 0 Å². The summed E-state index contributed by atoms with van der Waals surface area (Å²) >= 11 is 0. The van der Waals surface area contributed by atoms with Crippen molar-refractivity contribution >= 4 is 17.6 Å². The third-order valence-electron chi connectivity index (χ3n) is 3.74. The number of carbonyl (C=O) groups excluding carboxylic acids is 2. The monoisotopic (exact) mass is 362 g/mol. The molecule has 26 heavy (non-hydrogen) atoms. The van der Waals surface area contributed by atoms with Crippen molar-refractivity contribution in [2.75, 3.05) is 25.6 Å². The lowest BCUT2D eigenvalue weighted by atomic mass is 10.1. The van der Waals surface area contributed by atoms with Crippen LogP contribution in [0, 0.1) is 11.6 Å². The van der Waals surface area contributed by atoms with Crippen molar-refractivity contribution in [1.82, 2.24) is 5.32 Å². The van der Waals surface area contributed by atoms with Crippen LogP contribution in [0.5, 0.6) is 0 Å². The molecule has 0 fully saturated rings. The number of halogens is 2. The van der Waals surface area contributed by atoms with Gasteiger partial charge in [-0.3, -0.25) is 4.79 Å². The average Bonchev–Trinajstić information content (AvgIpc) is 2.59. The van der Waals surface area contributed by atoms with E-state index in [-0.39, 0.29) is 5.56 Å². The molecule has 0 spiro atoms. The van der Waals surface area contributed by atoms with Crippen molar-refractivity contribution in [2.45, 2.75) is 13.0 Å². The molecular formula is C19H20F2N2O3. The second-order valence-corrected chi connectivity index (χ2v) is 5.98. The normalized spacial score (nSPS) is 11.6.